The first-order valence-electron chi connectivity index (χ1n) is 9.90. The van der Waals surface area contributed by atoms with Gasteiger partial charge in [0.1, 0.15) is 11.5 Å². The van der Waals surface area contributed by atoms with Crippen molar-refractivity contribution in [1.29, 1.82) is 0 Å². The molecule has 1 fully saturated rings. The minimum atomic E-state index is -0.614. The first-order valence-corrected chi connectivity index (χ1v) is 9.90. The lowest BCUT2D eigenvalue weighted by molar-refractivity contribution is -0.271. The summed E-state index contributed by atoms with van der Waals surface area (Å²) in [6.45, 7) is 14.1. The summed E-state index contributed by atoms with van der Waals surface area (Å²) >= 11 is 0. The molecule has 0 aromatic heterocycles. The highest BCUT2D eigenvalue weighted by Crippen LogP contribution is 2.28. The number of hydrogen-bond acceptors (Lipinski definition) is 4. The van der Waals surface area contributed by atoms with Crippen molar-refractivity contribution < 1.29 is 18.9 Å². The lowest BCUT2D eigenvalue weighted by Crippen LogP contribution is -2.45. The van der Waals surface area contributed by atoms with Gasteiger partial charge in [-0.2, -0.15) is 0 Å². The number of ether oxygens (including phenoxy) is 4. The topological polar surface area (TPSA) is 36.9 Å². The average Bonchev–Trinajstić information content (AvgIpc) is 2.63. The second-order valence-electron chi connectivity index (χ2n) is 9.26. The molecule has 2 aromatic carbocycles. The van der Waals surface area contributed by atoms with Gasteiger partial charge in [0, 0.05) is 0 Å². The maximum Gasteiger partial charge on any atom is 0.263 e. The fraction of sp³-hybridized carbons (Fsp3) is 0.500. The molecular weight excluding hydrogens is 352 g/mol. The Bertz CT molecular complexity index is 684. The van der Waals surface area contributed by atoms with Crippen molar-refractivity contribution in [3.05, 3.63) is 59.7 Å². The molecule has 1 aliphatic rings. The summed E-state index contributed by atoms with van der Waals surface area (Å²) in [6, 6.07) is 16.2. The molecule has 2 aromatic rings. The Morgan fingerprint density at radius 3 is 1.21 bits per heavy atom. The highest BCUT2D eigenvalue weighted by molar-refractivity contribution is 5.32. The van der Waals surface area contributed by atoms with Crippen molar-refractivity contribution in [2.24, 2.45) is 0 Å². The summed E-state index contributed by atoms with van der Waals surface area (Å²) in [7, 11) is 0. The smallest absolute Gasteiger partial charge is 0.263 e. The third-order valence-electron chi connectivity index (χ3n) is 4.81. The lowest BCUT2D eigenvalue weighted by atomic mass is 9.87. The van der Waals surface area contributed by atoms with E-state index in [1.54, 1.807) is 0 Å². The Morgan fingerprint density at radius 2 is 0.929 bits per heavy atom. The van der Waals surface area contributed by atoms with E-state index in [4.69, 9.17) is 18.9 Å². The highest BCUT2D eigenvalue weighted by Gasteiger charge is 2.31. The molecule has 152 valence electrons. The average molecular weight is 385 g/mol. The van der Waals surface area contributed by atoms with Crippen LogP contribution in [-0.4, -0.2) is 25.8 Å². The van der Waals surface area contributed by atoms with Crippen molar-refractivity contribution in [3.8, 4) is 11.5 Å². The zero-order valence-corrected chi connectivity index (χ0v) is 17.8. The molecule has 4 heteroatoms. The van der Waals surface area contributed by atoms with E-state index >= 15 is 0 Å². The largest absolute Gasteiger partial charge is 0.458 e. The van der Waals surface area contributed by atoms with Gasteiger partial charge in [-0.1, -0.05) is 65.8 Å². The van der Waals surface area contributed by atoms with Crippen molar-refractivity contribution in [3.63, 3.8) is 0 Å². The van der Waals surface area contributed by atoms with Gasteiger partial charge in [0.05, 0.1) is 13.2 Å². The maximum atomic E-state index is 6.01. The molecule has 1 saturated heterocycles. The molecule has 0 bridgehead atoms. The molecule has 28 heavy (non-hydrogen) atoms. The van der Waals surface area contributed by atoms with Crippen molar-refractivity contribution in [2.45, 2.75) is 65.0 Å². The van der Waals surface area contributed by atoms with Crippen LogP contribution in [0.4, 0.5) is 0 Å². The van der Waals surface area contributed by atoms with Gasteiger partial charge in [-0.3, -0.25) is 0 Å². The Morgan fingerprint density at radius 1 is 0.607 bits per heavy atom. The third kappa shape index (κ3) is 5.27. The number of benzene rings is 2. The molecule has 0 saturated carbocycles. The van der Waals surface area contributed by atoms with Crippen LogP contribution in [0.3, 0.4) is 0 Å². The Balaban J connectivity index is 1.67. The number of rotatable bonds is 4. The minimum Gasteiger partial charge on any atom is -0.458 e. The van der Waals surface area contributed by atoms with Crippen LogP contribution >= 0.6 is 0 Å². The quantitative estimate of drug-likeness (QED) is 0.703. The molecule has 0 aliphatic carbocycles. The second-order valence-corrected chi connectivity index (χ2v) is 9.26. The van der Waals surface area contributed by atoms with Gasteiger partial charge in [0.25, 0.3) is 12.6 Å². The minimum absolute atomic E-state index is 0.105. The van der Waals surface area contributed by atoms with Crippen molar-refractivity contribution in [2.75, 3.05) is 13.2 Å². The Hall–Kier alpha value is -2.04. The van der Waals surface area contributed by atoms with Crippen LogP contribution in [0.2, 0.25) is 0 Å². The third-order valence-corrected chi connectivity index (χ3v) is 4.81. The van der Waals surface area contributed by atoms with Gasteiger partial charge in [0.15, 0.2) is 0 Å². The van der Waals surface area contributed by atoms with E-state index in [-0.39, 0.29) is 10.8 Å². The molecular formula is C24H32O4. The molecule has 0 spiro atoms. The number of hydrogen-bond donors (Lipinski definition) is 0. The summed E-state index contributed by atoms with van der Waals surface area (Å²) in [5.74, 6) is 1.47. The normalized spacial score (nSPS) is 20.6. The van der Waals surface area contributed by atoms with E-state index in [0.717, 1.165) is 11.5 Å². The SMILES string of the molecule is CC(C)(C)c1ccc(O[C@H]2OCCO[C@H]2Oc2ccc(C(C)(C)C)cc2)cc1. The van der Waals surface area contributed by atoms with Crippen molar-refractivity contribution in [1.82, 2.24) is 0 Å². The molecule has 4 nitrogen and oxygen atoms in total. The zero-order valence-electron chi connectivity index (χ0n) is 17.8. The molecule has 1 aliphatic heterocycles. The molecule has 0 N–H and O–H groups in total. The summed E-state index contributed by atoms with van der Waals surface area (Å²) in [4.78, 5) is 0. The molecule has 0 radical (unpaired) electrons. The Kier molecular flexibility index (Phi) is 6.01. The van der Waals surface area contributed by atoms with E-state index in [9.17, 15) is 0 Å². The predicted molar refractivity (Wildman–Crippen MR) is 111 cm³/mol. The zero-order chi connectivity index (χ0) is 20.4. The van der Waals surface area contributed by atoms with Crippen LogP contribution in [0.1, 0.15) is 52.7 Å². The molecule has 2 atom stereocenters. The lowest BCUT2D eigenvalue weighted by Gasteiger charge is -2.32. The molecule has 0 amide bonds. The molecule has 0 unspecified atom stereocenters. The summed E-state index contributed by atoms with van der Waals surface area (Å²) < 4.78 is 23.6. The van der Waals surface area contributed by atoms with Crippen LogP contribution in [0, 0.1) is 0 Å². The maximum absolute atomic E-state index is 6.01. The van der Waals surface area contributed by atoms with Gasteiger partial charge in [0.2, 0.25) is 0 Å². The predicted octanol–water partition coefficient (Wildman–Crippen LogP) is 5.44. The first-order chi connectivity index (χ1) is 13.1. The second kappa shape index (κ2) is 8.14. The molecule has 3 rings (SSSR count). The van der Waals surface area contributed by atoms with E-state index in [1.165, 1.54) is 11.1 Å². The van der Waals surface area contributed by atoms with Gasteiger partial charge < -0.3 is 18.9 Å². The fourth-order valence-electron chi connectivity index (χ4n) is 3.00. The van der Waals surface area contributed by atoms with Crippen LogP contribution < -0.4 is 9.47 Å². The van der Waals surface area contributed by atoms with E-state index in [2.05, 4.69) is 65.8 Å². The summed E-state index contributed by atoms with van der Waals surface area (Å²) in [6.07, 6.45) is -1.23. The molecule has 1 heterocycles. The highest BCUT2D eigenvalue weighted by atomic mass is 16.8. The van der Waals surface area contributed by atoms with Crippen LogP contribution in [0.5, 0.6) is 11.5 Å². The van der Waals surface area contributed by atoms with E-state index in [0.29, 0.717) is 13.2 Å². The van der Waals surface area contributed by atoms with Gasteiger partial charge in [-0.05, 0) is 46.2 Å². The van der Waals surface area contributed by atoms with Gasteiger partial charge in [-0.15, -0.1) is 0 Å². The van der Waals surface area contributed by atoms with Crippen LogP contribution in [0.25, 0.3) is 0 Å². The van der Waals surface area contributed by atoms with Crippen molar-refractivity contribution >= 4 is 0 Å². The van der Waals surface area contributed by atoms with Gasteiger partial charge in [-0.25, -0.2) is 0 Å². The van der Waals surface area contributed by atoms with Crippen LogP contribution in [-0.2, 0) is 20.3 Å². The summed E-state index contributed by atoms with van der Waals surface area (Å²) in [5.41, 5.74) is 2.72. The monoisotopic (exact) mass is 384 g/mol. The van der Waals surface area contributed by atoms with Gasteiger partial charge >= 0.3 is 0 Å². The standard InChI is InChI=1S/C24H32O4/c1-23(2,3)17-7-11-19(12-8-17)27-21-22(26-16-15-25-21)28-20-13-9-18(10-14-20)24(4,5)6/h7-14,21-22H,15-16H2,1-6H3/t21-,22+. The summed E-state index contributed by atoms with van der Waals surface area (Å²) in [5, 5.41) is 0. The van der Waals surface area contributed by atoms with E-state index < -0.39 is 12.6 Å². The first kappa shape index (κ1) is 20.7. The van der Waals surface area contributed by atoms with E-state index in [1.807, 2.05) is 24.3 Å². The Labute approximate surface area is 168 Å². The van der Waals surface area contributed by atoms with Crippen LogP contribution in [0.15, 0.2) is 48.5 Å². The fourth-order valence-corrected chi connectivity index (χ4v) is 3.00.